The smallest absolute Gasteiger partial charge is 0.223 e. The van der Waals surface area contributed by atoms with Gasteiger partial charge in [0.2, 0.25) is 5.95 Å². The first-order valence-electron chi connectivity index (χ1n) is 11.6. The van der Waals surface area contributed by atoms with Crippen molar-refractivity contribution in [3.8, 4) is 21.8 Å². The maximum Gasteiger partial charge on any atom is 0.223 e. The van der Waals surface area contributed by atoms with Gasteiger partial charge in [-0.1, -0.05) is 43.0 Å². The topological polar surface area (TPSA) is 62.7 Å². The Balaban J connectivity index is 1.51. The summed E-state index contributed by atoms with van der Waals surface area (Å²) in [5, 5.41) is 8.30. The van der Waals surface area contributed by atoms with E-state index in [1.165, 1.54) is 48.2 Å². The summed E-state index contributed by atoms with van der Waals surface area (Å²) in [7, 11) is 0. The lowest BCUT2D eigenvalue weighted by atomic mass is 9.96. The highest BCUT2D eigenvalue weighted by atomic mass is 32.1. The molecular weight excluding hydrogens is 402 g/mol. The minimum Gasteiger partial charge on any atom is -0.351 e. The van der Waals surface area contributed by atoms with Gasteiger partial charge < -0.3 is 10.6 Å². The zero-order chi connectivity index (χ0) is 21.0. The van der Waals surface area contributed by atoms with E-state index in [0.717, 1.165) is 48.1 Å². The highest BCUT2D eigenvalue weighted by molar-refractivity contribution is 7.15. The van der Waals surface area contributed by atoms with Gasteiger partial charge in [-0.25, -0.2) is 15.0 Å². The van der Waals surface area contributed by atoms with Crippen molar-refractivity contribution in [2.24, 2.45) is 0 Å². The molecule has 1 aliphatic heterocycles. The molecule has 5 nitrogen and oxygen atoms in total. The van der Waals surface area contributed by atoms with Crippen LogP contribution in [0.25, 0.3) is 21.8 Å². The first-order chi connectivity index (χ1) is 15.3. The van der Waals surface area contributed by atoms with Crippen molar-refractivity contribution in [1.82, 2.24) is 20.3 Å². The van der Waals surface area contributed by atoms with E-state index < -0.39 is 0 Å². The number of anilines is 1. The number of nitrogens with zero attached hydrogens (tertiary/aromatic N) is 3. The third-order valence-corrected chi connectivity index (χ3v) is 7.69. The van der Waals surface area contributed by atoms with E-state index in [2.05, 4.69) is 46.8 Å². The molecule has 1 saturated carbocycles. The van der Waals surface area contributed by atoms with Gasteiger partial charge in [0, 0.05) is 23.7 Å². The van der Waals surface area contributed by atoms with Gasteiger partial charge in [0.15, 0.2) is 0 Å². The fraction of sp³-hybridized carbons (Fsp3) is 0.480. The molecule has 2 aliphatic rings. The number of nitrogens with one attached hydrogen (secondary N) is 2. The van der Waals surface area contributed by atoms with Crippen LogP contribution in [0.1, 0.15) is 61.4 Å². The number of aromatic nitrogens is 3. The third kappa shape index (κ3) is 4.80. The molecule has 0 bridgehead atoms. The van der Waals surface area contributed by atoms with Gasteiger partial charge in [-0.15, -0.1) is 11.3 Å². The van der Waals surface area contributed by atoms with Crippen LogP contribution in [0.2, 0.25) is 0 Å². The average Bonchev–Trinajstić information content (AvgIpc) is 3.26. The number of benzene rings is 1. The molecule has 0 spiro atoms. The Morgan fingerprint density at radius 1 is 1.00 bits per heavy atom. The first-order valence-corrected chi connectivity index (χ1v) is 12.5. The van der Waals surface area contributed by atoms with Crippen molar-refractivity contribution in [2.75, 3.05) is 18.4 Å². The largest absolute Gasteiger partial charge is 0.351 e. The van der Waals surface area contributed by atoms with Crippen LogP contribution in [0.15, 0.2) is 36.5 Å². The third-order valence-electron chi connectivity index (χ3n) is 6.45. The van der Waals surface area contributed by atoms with Crippen molar-refractivity contribution in [3.05, 3.63) is 47.1 Å². The lowest BCUT2D eigenvalue weighted by Gasteiger charge is -2.22. The molecule has 1 saturated heterocycles. The summed E-state index contributed by atoms with van der Waals surface area (Å²) >= 11 is 1.82. The predicted octanol–water partition coefficient (Wildman–Crippen LogP) is 5.79. The summed E-state index contributed by atoms with van der Waals surface area (Å²) in [5.41, 5.74) is 4.46. The fourth-order valence-electron chi connectivity index (χ4n) is 4.73. The lowest BCUT2D eigenvalue weighted by molar-refractivity contribution is 0.459. The van der Waals surface area contributed by atoms with Gasteiger partial charge in [0.25, 0.3) is 0 Å². The van der Waals surface area contributed by atoms with Gasteiger partial charge >= 0.3 is 0 Å². The van der Waals surface area contributed by atoms with Crippen LogP contribution >= 0.6 is 11.3 Å². The van der Waals surface area contributed by atoms with Crippen LogP contribution in [-0.4, -0.2) is 34.1 Å². The molecule has 0 radical (unpaired) electrons. The molecule has 1 aliphatic carbocycles. The highest BCUT2D eigenvalue weighted by Gasteiger charge is 2.24. The van der Waals surface area contributed by atoms with Crippen molar-refractivity contribution in [3.63, 3.8) is 0 Å². The molecule has 162 valence electrons. The molecule has 2 fully saturated rings. The van der Waals surface area contributed by atoms with Crippen LogP contribution in [0.4, 0.5) is 5.95 Å². The molecule has 3 heterocycles. The summed E-state index contributed by atoms with van der Waals surface area (Å²) in [6.07, 6.45) is 10.5. The van der Waals surface area contributed by atoms with Crippen molar-refractivity contribution in [2.45, 2.75) is 63.8 Å². The maximum atomic E-state index is 5.18. The van der Waals surface area contributed by atoms with Gasteiger partial charge in [-0.05, 0) is 57.8 Å². The summed E-state index contributed by atoms with van der Waals surface area (Å²) in [6, 6.07) is 11.2. The molecule has 3 aromatic rings. The first kappa shape index (κ1) is 20.6. The Kier molecular flexibility index (Phi) is 6.27. The Bertz CT molecular complexity index is 1020. The molecule has 1 aromatic carbocycles. The monoisotopic (exact) mass is 433 g/mol. The molecular formula is C25H31N5S. The Morgan fingerprint density at radius 3 is 2.65 bits per heavy atom. The SMILES string of the molecule is Cc1cccc(-c2nc(C3CCNCC3)sc2-c2ccnc(NC3CCCCC3)n2)c1. The number of piperidine rings is 1. The molecule has 2 aromatic heterocycles. The summed E-state index contributed by atoms with van der Waals surface area (Å²) < 4.78 is 0. The van der Waals surface area contributed by atoms with Gasteiger partial charge in [-0.3, -0.25) is 0 Å². The zero-order valence-electron chi connectivity index (χ0n) is 18.2. The van der Waals surface area contributed by atoms with Crippen LogP contribution in [0.5, 0.6) is 0 Å². The second-order valence-corrected chi connectivity index (χ2v) is 9.90. The Hall–Kier alpha value is -2.31. The molecule has 5 rings (SSSR count). The molecule has 0 amide bonds. The highest BCUT2D eigenvalue weighted by Crippen LogP contribution is 2.40. The number of thiazole rings is 1. The van der Waals surface area contributed by atoms with Crippen molar-refractivity contribution < 1.29 is 0 Å². The Morgan fingerprint density at radius 2 is 1.84 bits per heavy atom. The lowest BCUT2D eigenvalue weighted by Crippen LogP contribution is -2.26. The van der Waals surface area contributed by atoms with Gasteiger partial charge in [0.1, 0.15) is 0 Å². The minimum absolute atomic E-state index is 0.493. The number of aryl methyl sites for hydroxylation is 1. The van der Waals surface area contributed by atoms with Gasteiger partial charge in [-0.2, -0.15) is 0 Å². The molecule has 2 N–H and O–H groups in total. The zero-order valence-corrected chi connectivity index (χ0v) is 19.0. The molecule has 31 heavy (non-hydrogen) atoms. The standard InChI is InChI=1S/C25H31N5S/c1-17-6-5-7-19(16-17)22-23(31-24(30-22)18-10-13-26-14-11-18)21-12-15-27-25(29-21)28-20-8-3-2-4-9-20/h5-7,12,15-16,18,20,26H,2-4,8-11,13-14H2,1H3,(H,27,28,29). The second-order valence-electron chi connectivity index (χ2n) is 8.87. The summed E-state index contributed by atoms with van der Waals surface area (Å²) in [4.78, 5) is 15.8. The average molecular weight is 434 g/mol. The van der Waals surface area contributed by atoms with E-state index in [0.29, 0.717) is 12.0 Å². The van der Waals surface area contributed by atoms with Crippen molar-refractivity contribution >= 4 is 17.3 Å². The predicted molar refractivity (Wildman–Crippen MR) is 129 cm³/mol. The second kappa shape index (κ2) is 9.45. The van der Waals surface area contributed by atoms with Gasteiger partial charge in [0.05, 0.1) is 21.3 Å². The van der Waals surface area contributed by atoms with E-state index in [4.69, 9.17) is 9.97 Å². The van der Waals surface area contributed by atoms with Crippen LogP contribution in [0.3, 0.4) is 0 Å². The summed E-state index contributed by atoms with van der Waals surface area (Å²) in [6.45, 7) is 4.28. The molecule has 0 unspecified atom stereocenters. The van der Waals surface area contributed by atoms with E-state index in [-0.39, 0.29) is 0 Å². The van der Waals surface area contributed by atoms with E-state index in [1.54, 1.807) is 0 Å². The van der Waals surface area contributed by atoms with E-state index >= 15 is 0 Å². The minimum atomic E-state index is 0.493. The summed E-state index contributed by atoms with van der Waals surface area (Å²) in [5.74, 6) is 1.28. The normalized spacial score (nSPS) is 18.2. The molecule has 6 heteroatoms. The fourth-order valence-corrected chi connectivity index (χ4v) is 5.95. The quantitative estimate of drug-likeness (QED) is 0.533. The maximum absolute atomic E-state index is 5.18. The van der Waals surface area contributed by atoms with Crippen LogP contribution in [-0.2, 0) is 0 Å². The van der Waals surface area contributed by atoms with Crippen LogP contribution < -0.4 is 10.6 Å². The number of hydrogen-bond acceptors (Lipinski definition) is 6. The number of rotatable bonds is 5. The molecule has 0 atom stereocenters. The van der Waals surface area contributed by atoms with E-state index in [9.17, 15) is 0 Å². The number of hydrogen-bond donors (Lipinski definition) is 2. The Labute approximate surface area is 188 Å². The van der Waals surface area contributed by atoms with Crippen LogP contribution in [0, 0.1) is 6.92 Å². The van der Waals surface area contributed by atoms with E-state index in [1.807, 2.05) is 23.6 Å². The van der Waals surface area contributed by atoms with Crippen molar-refractivity contribution in [1.29, 1.82) is 0 Å².